The highest BCUT2D eigenvalue weighted by atomic mass is 32.1. The summed E-state index contributed by atoms with van der Waals surface area (Å²) in [5.41, 5.74) is 3.81. The first kappa shape index (κ1) is 21.0. The molecular weight excluding hydrogens is 398 g/mol. The normalized spacial score (nSPS) is 15.2. The predicted molar refractivity (Wildman–Crippen MR) is 121 cm³/mol. The Morgan fingerprint density at radius 1 is 1.23 bits per heavy atom. The summed E-state index contributed by atoms with van der Waals surface area (Å²) in [5, 5.41) is 5.24. The molecule has 2 aromatic heterocycles. The van der Waals surface area contributed by atoms with Crippen molar-refractivity contribution in [2.24, 2.45) is 0 Å². The Morgan fingerprint density at radius 3 is 2.70 bits per heavy atom. The second kappa shape index (κ2) is 8.83. The van der Waals surface area contributed by atoms with Crippen LogP contribution in [-0.4, -0.2) is 65.0 Å². The van der Waals surface area contributed by atoms with Crippen LogP contribution < -0.4 is 4.90 Å². The predicted octanol–water partition coefficient (Wildman–Crippen LogP) is 3.67. The number of morpholine rings is 1. The van der Waals surface area contributed by atoms with E-state index in [1.165, 1.54) is 11.1 Å². The Kier molecular flexibility index (Phi) is 6.17. The molecule has 160 valence electrons. The zero-order chi connectivity index (χ0) is 21.3. The van der Waals surface area contributed by atoms with Crippen molar-refractivity contribution in [2.75, 3.05) is 44.3 Å². The Balaban J connectivity index is 1.65. The van der Waals surface area contributed by atoms with Gasteiger partial charge in [0.25, 0.3) is 5.91 Å². The van der Waals surface area contributed by atoms with Crippen LogP contribution in [-0.2, 0) is 4.74 Å². The molecule has 1 aliphatic heterocycles. The van der Waals surface area contributed by atoms with E-state index in [9.17, 15) is 4.79 Å². The lowest BCUT2D eigenvalue weighted by Crippen LogP contribution is -2.43. The van der Waals surface area contributed by atoms with Gasteiger partial charge in [0.15, 0.2) is 10.8 Å². The van der Waals surface area contributed by atoms with Crippen molar-refractivity contribution in [3.63, 3.8) is 0 Å². The van der Waals surface area contributed by atoms with Crippen molar-refractivity contribution in [2.45, 2.75) is 33.7 Å². The van der Waals surface area contributed by atoms with Crippen molar-refractivity contribution >= 4 is 32.6 Å². The van der Waals surface area contributed by atoms with Crippen LogP contribution in [0, 0.1) is 13.8 Å². The zero-order valence-electron chi connectivity index (χ0n) is 18.1. The smallest absolute Gasteiger partial charge is 0.280 e. The Bertz CT molecular complexity index is 1040. The molecule has 0 unspecified atom stereocenters. The fraction of sp³-hybridized carbons (Fsp3) is 0.500. The minimum absolute atomic E-state index is 0.101. The van der Waals surface area contributed by atoms with Crippen LogP contribution in [0.2, 0.25) is 0 Å². The van der Waals surface area contributed by atoms with Crippen LogP contribution in [0.3, 0.4) is 0 Å². The fourth-order valence-electron chi connectivity index (χ4n) is 3.56. The molecular formula is C22H29N5O2S. The van der Waals surface area contributed by atoms with Crippen LogP contribution in [0.15, 0.2) is 24.4 Å². The molecule has 3 aromatic rings. The lowest BCUT2D eigenvalue weighted by molar-refractivity contribution is 0.0391. The van der Waals surface area contributed by atoms with Crippen molar-refractivity contribution in [1.82, 2.24) is 19.7 Å². The topological polar surface area (TPSA) is 63.5 Å². The maximum atomic E-state index is 13.5. The van der Waals surface area contributed by atoms with Crippen LogP contribution in [0.5, 0.6) is 0 Å². The molecule has 0 atom stereocenters. The van der Waals surface area contributed by atoms with Gasteiger partial charge in [0.2, 0.25) is 0 Å². The quantitative estimate of drug-likeness (QED) is 0.601. The van der Waals surface area contributed by atoms with E-state index in [2.05, 4.69) is 49.8 Å². The summed E-state index contributed by atoms with van der Waals surface area (Å²) in [5.74, 6) is -0.101. The number of carbonyl (C=O) groups is 1. The third-order valence-corrected chi connectivity index (χ3v) is 6.69. The van der Waals surface area contributed by atoms with E-state index in [1.807, 2.05) is 10.9 Å². The minimum Gasteiger partial charge on any atom is -0.379 e. The first-order chi connectivity index (χ1) is 14.4. The third kappa shape index (κ3) is 4.26. The summed E-state index contributed by atoms with van der Waals surface area (Å²) < 4.78 is 8.37. The van der Waals surface area contributed by atoms with Gasteiger partial charge >= 0.3 is 0 Å². The van der Waals surface area contributed by atoms with Crippen LogP contribution in [0.4, 0.5) is 5.13 Å². The summed E-state index contributed by atoms with van der Waals surface area (Å²) in [6.07, 6.45) is 1.86. The number of nitrogens with zero attached hydrogens (tertiary/aromatic N) is 5. The molecule has 1 saturated heterocycles. The third-order valence-electron chi connectivity index (χ3n) is 5.65. The summed E-state index contributed by atoms with van der Waals surface area (Å²) >= 11 is 1.57. The average molecular weight is 428 g/mol. The van der Waals surface area contributed by atoms with Crippen LogP contribution in [0.1, 0.15) is 41.5 Å². The molecule has 0 radical (unpaired) electrons. The number of rotatable bonds is 6. The maximum absolute atomic E-state index is 13.5. The first-order valence-electron chi connectivity index (χ1n) is 10.5. The number of fused-ring (bicyclic) bond motifs is 1. The van der Waals surface area contributed by atoms with E-state index in [1.54, 1.807) is 22.3 Å². The molecule has 3 heterocycles. The Labute approximate surface area is 181 Å². The summed E-state index contributed by atoms with van der Waals surface area (Å²) in [7, 11) is 0. The van der Waals surface area contributed by atoms with Crippen LogP contribution in [0.25, 0.3) is 10.2 Å². The Morgan fingerprint density at radius 2 is 2.00 bits per heavy atom. The van der Waals surface area contributed by atoms with E-state index >= 15 is 0 Å². The van der Waals surface area contributed by atoms with E-state index in [-0.39, 0.29) is 11.9 Å². The van der Waals surface area contributed by atoms with Crippen molar-refractivity contribution in [3.8, 4) is 0 Å². The molecule has 0 saturated carbocycles. The summed E-state index contributed by atoms with van der Waals surface area (Å²) in [4.78, 5) is 22.5. The molecule has 1 amide bonds. The van der Waals surface area contributed by atoms with E-state index < -0.39 is 0 Å². The lowest BCUT2D eigenvalue weighted by atomic mass is 10.1. The van der Waals surface area contributed by atoms with Gasteiger partial charge in [-0.2, -0.15) is 5.10 Å². The van der Waals surface area contributed by atoms with Gasteiger partial charge in [-0.3, -0.25) is 19.3 Å². The highest BCUT2D eigenvalue weighted by molar-refractivity contribution is 7.22. The van der Waals surface area contributed by atoms with Gasteiger partial charge in [-0.05, 0) is 51.0 Å². The van der Waals surface area contributed by atoms with E-state index in [4.69, 9.17) is 9.72 Å². The van der Waals surface area contributed by atoms with Gasteiger partial charge in [0.05, 0.1) is 23.4 Å². The molecule has 0 spiro atoms. The molecule has 7 nitrogen and oxygen atoms in total. The molecule has 0 aliphatic carbocycles. The highest BCUT2D eigenvalue weighted by Crippen LogP contribution is 2.32. The zero-order valence-corrected chi connectivity index (χ0v) is 18.9. The van der Waals surface area contributed by atoms with Gasteiger partial charge in [-0.1, -0.05) is 17.4 Å². The average Bonchev–Trinajstić information content (AvgIpc) is 3.40. The molecule has 0 N–H and O–H groups in total. The molecule has 30 heavy (non-hydrogen) atoms. The van der Waals surface area contributed by atoms with Crippen LogP contribution >= 0.6 is 11.3 Å². The number of aromatic nitrogens is 3. The molecule has 1 fully saturated rings. The monoisotopic (exact) mass is 427 g/mol. The van der Waals surface area contributed by atoms with Gasteiger partial charge in [-0.25, -0.2) is 4.98 Å². The number of hydrogen-bond acceptors (Lipinski definition) is 6. The number of carbonyl (C=O) groups excluding carboxylic acids is 1. The van der Waals surface area contributed by atoms with E-state index in [0.29, 0.717) is 12.2 Å². The SMILES string of the molecule is Cc1ccc2sc(N(CCN3CCOCC3)C(=O)c3ccn(C(C)C)n3)nc2c1C. The first-order valence-corrected chi connectivity index (χ1v) is 11.3. The lowest BCUT2D eigenvalue weighted by Gasteiger charge is -2.29. The number of amides is 1. The second-order valence-electron chi connectivity index (χ2n) is 8.04. The van der Waals surface area contributed by atoms with Crippen molar-refractivity contribution in [3.05, 3.63) is 41.2 Å². The largest absolute Gasteiger partial charge is 0.379 e. The van der Waals surface area contributed by atoms with Crippen molar-refractivity contribution in [1.29, 1.82) is 0 Å². The number of aryl methyl sites for hydroxylation is 2. The van der Waals surface area contributed by atoms with E-state index in [0.717, 1.165) is 48.2 Å². The molecule has 4 rings (SSSR count). The number of anilines is 1. The number of hydrogen-bond donors (Lipinski definition) is 0. The number of benzene rings is 1. The Hall–Kier alpha value is -2.29. The number of ether oxygens (including phenoxy) is 1. The summed E-state index contributed by atoms with van der Waals surface area (Å²) in [6.45, 7) is 12.9. The molecule has 0 bridgehead atoms. The summed E-state index contributed by atoms with van der Waals surface area (Å²) in [6, 6.07) is 6.22. The number of thiazole rings is 1. The van der Waals surface area contributed by atoms with Gasteiger partial charge in [-0.15, -0.1) is 0 Å². The van der Waals surface area contributed by atoms with Gasteiger partial charge < -0.3 is 4.74 Å². The van der Waals surface area contributed by atoms with Gasteiger partial charge in [0.1, 0.15) is 0 Å². The van der Waals surface area contributed by atoms with Crippen molar-refractivity contribution < 1.29 is 9.53 Å². The molecule has 1 aliphatic rings. The molecule has 8 heteroatoms. The van der Waals surface area contributed by atoms with Gasteiger partial charge in [0, 0.05) is 38.4 Å². The highest BCUT2D eigenvalue weighted by Gasteiger charge is 2.25. The minimum atomic E-state index is -0.101. The standard InChI is InChI=1S/C22H29N5O2S/c1-15(2)27-8-7-18(24-27)21(28)26(10-9-25-11-13-29-14-12-25)22-23-20-17(4)16(3)5-6-19(20)30-22/h5-8,15H,9-14H2,1-4H3. The fourth-order valence-corrected chi connectivity index (χ4v) is 4.61. The second-order valence-corrected chi connectivity index (χ2v) is 9.05. The maximum Gasteiger partial charge on any atom is 0.280 e. The molecule has 1 aromatic carbocycles.